The number of nitrogens with zero attached hydrogens (tertiary/aromatic N) is 3. The zero-order valence-corrected chi connectivity index (χ0v) is 22.4. The molecular formula is C27H28N6O3S2. The number of hydrogen-bond acceptors (Lipinski definition) is 9. The lowest BCUT2D eigenvalue weighted by Gasteiger charge is -2.37. The van der Waals surface area contributed by atoms with Crippen LogP contribution >= 0.6 is 23.1 Å². The maximum absolute atomic E-state index is 13.5. The third-order valence-electron chi connectivity index (χ3n) is 6.95. The Bertz CT molecular complexity index is 1320. The van der Waals surface area contributed by atoms with E-state index in [0.717, 1.165) is 27.6 Å². The molecule has 9 nitrogen and oxygen atoms in total. The first-order valence-electron chi connectivity index (χ1n) is 12.4. The number of carbonyl (C=O) groups is 2. The van der Waals surface area contributed by atoms with Crippen molar-refractivity contribution in [3.8, 4) is 5.75 Å². The minimum Gasteiger partial charge on any atom is -0.497 e. The molecule has 3 aliphatic rings. The highest BCUT2D eigenvalue weighted by molar-refractivity contribution is 8.00. The molecule has 11 heteroatoms. The van der Waals surface area contributed by atoms with Gasteiger partial charge in [-0.05, 0) is 41.3 Å². The fourth-order valence-electron chi connectivity index (χ4n) is 5.01. The molecule has 2 fully saturated rings. The van der Waals surface area contributed by atoms with Crippen LogP contribution in [0.1, 0.15) is 22.9 Å². The number of hydrazine groups is 1. The van der Waals surface area contributed by atoms with E-state index >= 15 is 0 Å². The van der Waals surface area contributed by atoms with Gasteiger partial charge in [-0.2, -0.15) is 5.10 Å². The highest BCUT2D eigenvalue weighted by Gasteiger charge is 2.44. The molecule has 4 atom stereocenters. The molecule has 38 heavy (non-hydrogen) atoms. The largest absolute Gasteiger partial charge is 0.497 e. The molecule has 6 rings (SSSR count). The van der Waals surface area contributed by atoms with Gasteiger partial charge in [0.15, 0.2) is 0 Å². The van der Waals surface area contributed by atoms with Gasteiger partial charge in [0.25, 0.3) is 5.91 Å². The lowest BCUT2D eigenvalue weighted by atomic mass is 10.0. The third kappa shape index (κ3) is 4.90. The Balaban J connectivity index is 1.16. The standard InChI is InChI=1S/C27H28N6O3S2/c1-36-19-11-9-17(10-12-19)22-14-21(23-8-5-13-37-23)31-33(22)24(34)16-38-27-29-25-20(26(35)30-27)15-28-32(25)18-6-3-2-4-7-18/h2-13,20,22,25,27-29H,14-16H2,1H3,(H,30,35). The summed E-state index contributed by atoms with van der Waals surface area (Å²) in [4.78, 5) is 27.5. The van der Waals surface area contributed by atoms with Crippen LogP contribution in [0.15, 0.2) is 77.2 Å². The zero-order valence-electron chi connectivity index (χ0n) is 20.7. The number of thioether (sulfide) groups is 1. The number of benzene rings is 2. The van der Waals surface area contributed by atoms with E-state index in [9.17, 15) is 9.59 Å². The molecule has 3 aliphatic heterocycles. The van der Waals surface area contributed by atoms with Gasteiger partial charge in [0.2, 0.25) is 5.91 Å². The van der Waals surface area contributed by atoms with Gasteiger partial charge in [0, 0.05) is 13.0 Å². The molecule has 4 unspecified atom stereocenters. The molecule has 196 valence electrons. The van der Waals surface area contributed by atoms with Crippen molar-refractivity contribution in [2.45, 2.75) is 24.1 Å². The first kappa shape index (κ1) is 24.9. The molecule has 1 aromatic heterocycles. The van der Waals surface area contributed by atoms with Crippen molar-refractivity contribution in [1.82, 2.24) is 21.1 Å². The molecule has 0 aliphatic carbocycles. The van der Waals surface area contributed by atoms with Crippen molar-refractivity contribution in [3.63, 3.8) is 0 Å². The van der Waals surface area contributed by atoms with E-state index < -0.39 is 5.50 Å². The fraction of sp³-hybridized carbons (Fsp3) is 0.296. The summed E-state index contributed by atoms with van der Waals surface area (Å²) in [6.07, 6.45) is 0.435. The normalized spacial score (nSPS) is 24.7. The molecule has 2 saturated heterocycles. The molecule has 0 radical (unpaired) electrons. The van der Waals surface area contributed by atoms with Gasteiger partial charge in [-0.1, -0.05) is 36.4 Å². The molecule has 4 heterocycles. The van der Waals surface area contributed by atoms with Crippen LogP contribution in [0.3, 0.4) is 0 Å². The smallest absolute Gasteiger partial charge is 0.253 e. The molecule has 0 spiro atoms. The van der Waals surface area contributed by atoms with Gasteiger partial charge in [0.05, 0.1) is 41.1 Å². The Morgan fingerprint density at radius 2 is 1.95 bits per heavy atom. The minimum absolute atomic E-state index is 0.0279. The summed E-state index contributed by atoms with van der Waals surface area (Å²) in [5.41, 5.74) is 5.81. The number of hydrazone groups is 1. The summed E-state index contributed by atoms with van der Waals surface area (Å²) in [6, 6.07) is 21.5. The highest BCUT2D eigenvalue weighted by atomic mass is 32.2. The van der Waals surface area contributed by atoms with Gasteiger partial charge >= 0.3 is 0 Å². The summed E-state index contributed by atoms with van der Waals surface area (Å²) < 4.78 is 5.31. The van der Waals surface area contributed by atoms with Crippen LogP contribution in [0.5, 0.6) is 5.75 Å². The maximum Gasteiger partial charge on any atom is 0.253 e. The average Bonchev–Trinajstić information content (AvgIpc) is 3.72. The lowest BCUT2D eigenvalue weighted by molar-refractivity contribution is -0.130. The summed E-state index contributed by atoms with van der Waals surface area (Å²) in [5, 5.41) is 16.9. The Morgan fingerprint density at radius 1 is 1.13 bits per heavy atom. The number of carbonyl (C=O) groups excluding carboxylic acids is 2. The Labute approximate surface area is 229 Å². The van der Waals surface area contributed by atoms with E-state index in [1.165, 1.54) is 11.8 Å². The van der Waals surface area contributed by atoms with E-state index in [2.05, 4.69) is 16.1 Å². The number of nitrogens with one attached hydrogen (secondary N) is 3. The van der Waals surface area contributed by atoms with Gasteiger partial charge in [-0.15, -0.1) is 23.1 Å². The van der Waals surface area contributed by atoms with Crippen LogP contribution in [0, 0.1) is 5.92 Å². The van der Waals surface area contributed by atoms with Gasteiger partial charge in [-0.3, -0.25) is 19.9 Å². The molecule has 2 aromatic carbocycles. The van der Waals surface area contributed by atoms with Crippen molar-refractivity contribution in [1.29, 1.82) is 0 Å². The quantitative estimate of drug-likeness (QED) is 0.417. The second-order valence-corrected chi connectivity index (χ2v) is 11.3. The van der Waals surface area contributed by atoms with Crippen molar-refractivity contribution >= 4 is 46.3 Å². The molecule has 3 N–H and O–H groups in total. The predicted molar refractivity (Wildman–Crippen MR) is 150 cm³/mol. The molecule has 0 bridgehead atoms. The third-order valence-corrected chi connectivity index (χ3v) is 8.87. The highest BCUT2D eigenvalue weighted by Crippen LogP contribution is 2.35. The van der Waals surface area contributed by atoms with Crippen molar-refractivity contribution < 1.29 is 14.3 Å². The first-order valence-corrected chi connectivity index (χ1v) is 14.4. The Morgan fingerprint density at radius 3 is 2.68 bits per heavy atom. The van der Waals surface area contributed by atoms with E-state index in [-0.39, 0.29) is 35.7 Å². The van der Waals surface area contributed by atoms with Crippen LogP contribution in [-0.4, -0.2) is 53.6 Å². The monoisotopic (exact) mass is 548 g/mol. The number of para-hydroxylation sites is 1. The maximum atomic E-state index is 13.5. The number of anilines is 1. The van der Waals surface area contributed by atoms with Gasteiger partial charge < -0.3 is 10.1 Å². The summed E-state index contributed by atoms with van der Waals surface area (Å²) in [5.74, 6) is 0.578. The topological polar surface area (TPSA) is 98.3 Å². The number of rotatable bonds is 7. The number of ether oxygens (including phenoxy) is 1. The van der Waals surface area contributed by atoms with Crippen LogP contribution in [0.4, 0.5) is 5.69 Å². The number of methoxy groups -OCH3 is 1. The van der Waals surface area contributed by atoms with Crippen LogP contribution < -0.4 is 25.8 Å². The fourth-order valence-corrected chi connectivity index (χ4v) is 6.61. The molecule has 0 saturated carbocycles. The SMILES string of the molecule is COc1ccc(C2CC(c3cccs3)=NN2C(=O)CSC2NC(=O)C3CNN(c4ccccc4)C3N2)cc1. The molecular weight excluding hydrogens is 520 g/mol. The first-order chi connectivity index (χ1) is 18.6. The summed E-state index contributed by atoms with van der Waals surface area (Å²) in [6.45, 7) is 0.548. The average molecular weight is 549 g/mol. The Kier molecular flexibility index (Phi) is 7.07. The second-order valence-electron chi connectivity index (χ2n) is 9.24. The van der Waals surface area contributed by atoms with Crippen LogP contribution in [-0.2, 0) is 9.59 Å². The summed E-state index contributed by atoms with van der Waals surface area (Å²) >= 11 is 2.99. The lowest BCUT2D eigenvalue weighted by Crippen LogP contribution is -2.63. The zero-order chi connectivity index (χ0) is 26.1. The van der Waals surface area contributed by atoms with E-state index in [0.29, 0.717) is 13.0 Å². The van der Waals surface area contributed by atoms with Gasteiger partial charge in [-0.25, -0.2) is 10.4 Å². The molecule has 3 aromatic rings. The number of hydrogen-bond donors (Lipinski definition) is 3. The second kappa shape index (κ2) is 10.8. The number of thiophene rings is 1. The van der Waals surface area contributed by atoms with Crippen molar-refractivity contribution in [2.75, 3.05) is 24.4 Å². The van der Waals surface area contributed by atoms with Crippen molar-refractivity contribution in [3.05, 3.63) is 82.6 Å². The minimum atomic E-state index is -0.401. The van der Waals surface area contributed by atoms with Crippen LogP contribution in [0.2, 0.25) is 0 Å². The predicted octanol–water partition coefficient (Wildman–Crippen LogP) is 3.14. The van der Waals surface area contributed by atoms with E-state index in [4.69, 9.17) is 9.84 Å². The van der Waals surface area contributed by atoms with Crippen LogP contribution in [0.25, 0.3) is 0 Å². The van der Waals surface area contributed by atoms with Gasteiger partial charge in [0.1, 0.15) is 17.4 Å². The number of amides is 2. The van der Waals surface area contributed by atoms with E-state index in [1.807, 2.05) is 77.1 Å². The van der Waals surface area contributed by atoms with Crippen molar-refractivity contribution in [2.24, 2.45) is 11.0 Å². The summed E-state index contributed by atoms with van der Waals surface area (Å²) in [7, 11) is 1.64. The molecule has 2 amide bonds. The Hall–Kier alpha value is -3.38. The van der Waals surface area contributed by atoms with E-state index in [1.54, 1.807) is 23.5 Å². The number of fused-ring (bicyclic) bond motifs is 1.